The molecule has 0 aromatic heterocycles. The molecule has 3 nitrogen and oxygen atoms in total. The number of rotatable bonds is 7. The summed E-state index contributed by atoms with van der Waals surface area (Å²) in [5, 5.41) is 0. The molecule has 1 fully saturated rings. The molecule has 0 amide bonds. The number of hydrogen-bond donors (Lipinski definition) is 2. The molecule has 1 saturated heterocycles. The Labute approximate surface area is 145 Å². The minimum absolute atomic E-state index is 0.970. The quantitative estimate of drug-likeness (QED) is 0.763. The highest BCUT2D eigenvalue weighted by Crippen LogP contribution is 2.11. The van der Waals surface area contributed by atoms with Crippen molar-refractivity contribution in [1.82, 2.24) is 0 Å². The molecule has 2 aromatic carbocycles. The highest BCUT2D eigenvalue weighted by molar-refractivity contribution is 5.27. The Morgan fingerprint density at radius 2 is 1.54 bits per heavy atom. The minimum atomic E-state index is 0.970. The molecular formula is C21H30N2O+2. The Morgan fingerprint density at radius 3 is 2.29 bits per heavy atom. The maximum atomic E-state index is 5.33. The molecule has 0 bridgehead atoms. The third-order valence-electron chi connectivity index (χ3n) is 5.09. The van der Waals surface area contributed by atoms with E-state index in [1.54, 1.807) is 16.9 Å². The number of piperazine rings is 1. The van der Waals surface area contributed by atoms with Gasteiger partial charge < -0.3 is 14.5 Å². The lowest BCUT2D eigenvalue weighted by Crippen LogP contribution is -3.27. The van der Waals surface area contributed by atoms with E-state index < -0.39 is 0 Å². The molecule has 1 aliphatic heterocycles. The van der Waals surface area contributed by atoms with Gasteiger partial charge in [-0.2, -0.15) is 0 Å². The van der Waals surface area contributed by atoms with Crippen LogP contribution in [0.4, 0.5) is 0 Å². The van der Waals surface area contributed by atoms with E-state index in [4.69, 9.17) is 4.74 Å². The number of quaternary nitrogens is 2. The summed E-state index contributed by atoms with van der Waals surface area (Å²) in [5.41, 5.74) is 2.86. The molecule has 1 heterocycles. The second-order valence-corrected chi connectivity index (χ2v) is 6.87. The first-order valence-corrected chi connectivity index (χ1v) is 9.17. The van der Waals surface area contributed by atoms with Gasteiger partial charge in [-0.3, -0.25) is 0 Å². The van der Waals surface area contributed by atoms with Gasteiger partial charge in [0, 0.05) is 12.0 Å². The number of aryl methyl sites for hydroxylation is 1. The van der Waals surface area contributed by atoms with Crippen molar-refractivity contribution in [3.63, 3.8) is 0 Å². The lowest BCUT2D eigenvalue weighted by molar-refractivity contribution is -1.02. The van der Waals surface area contributed by atoms with Crippen LogP contribution in [0.1, 0.15) is 17.5 Å². The fraction of sp³-hybridized carbons (Fsp3) is 0.429. The van der Waals surface area contributed by atoms with Gasteiger partial charge in [0.1, 0.15) is 38.5 Å². The average Bonchev–Trinajstić information content (AvgIpc) is 2.64. The molecule has 3 rings (SSSR count). The van der Waals surface area contributed by atoms with Crippen molar-refractivity contribution in [2.24, 2.45) is 0 Å². The molecule has 0 saturated carbocycles. The Kier molecular flexibility index (Phi) is 6.27. The van der Waals surface area contributed by atoms with Gasteiger partial charge in [0.05, 0.1) is 13.7 Å². The van der Waals surface area contributed by atoms with Gasteiger partial charge in [-0.25, -0.2) is 0 Å². The fourth-order valence-electron chi connectivity index (χ4n) is 3.64. The fourth-order valence-corrected chi connectivity index (χ4v) is 3.64. The largest absolute Gasteiger partial charge is 0.497 e. The predicted molar refractivity (Wildman–Crippen MR) is 97.7 cm³/mol. The van der Waals surface area contributed by atoms with E-state index >= 15 is 0 Å². The Balaban J connectivity index is 1.37. The first-order valence-electron chi connectivity index (χ1n) is 9.17. The van der Waals surface area contributed by atoms with Gasteiger partial charge >= 0.3 is 0 Å². The highest BCUT2D eigenvalue weighted by Gasteiger charge is 2.22. The predicted octanol–water partition coefficient (Wildman–Crippen LogP) is 0.611. The third-order valence-corrected chi connectivity index (χ3v) is 5.09. The van der Waals surface area contributed by atoms with Gasteiger partial charge in [0.15, 0.2) is 0 Å². The minimum Gasteiger partial charge on any atom is -0.497 e. The van der Waals surface area contributed by atoms with E-state index in [1.807, 2.05) is 6.07 Å². The summed E-state index contributed by atoms with van der Waals surface area (Å²) in [6.07, 6.45) is 2.51. The summed E-state index contributed by atoms with van der Waals surface area (Å²) in [7, 11) is 1.74. The van der Waals surface area contributed by atoms with Gasteiger partial charge in [0.2, 0.25) is 0 Å². The monoisotopic (exact) mass is 326 g/mol. The average molecular weight is 326 g/mol. The van der Waals surface area contributed by atoms with Crippen molar-refractivity contribution in [3.05, 3.63) is 65.7 Å². The molecule has 3 heteroatoms. The number of ether oxygens (including phenoxy) is 1. The Bertz CT molecular complexity index is 606. The maximum Gasteiger partial charge on any atom is 0.127 e. The van der Waals surface area contributed by atoms with Crippen LogP contribution < -0.4 is 14.5 Å². The molecule has 2 N–H and O–H groups in total. The zero-order chi connectivity index (χ0) is 16.6. The highest BCUT2D eigenvalue weighted by atomic mass is 16.5. The van der Waals surface area contributed by atoms with Gasteiger partial charge in [-0.05, 0) is 24.1 Å². The van der Waals surface area contributed by atoms with Crippen molar-refractivity contribution < 1.29 is 14.5 Å². The summed E-state index contributed by atoms with van der Waals surface area (Å²) in [6.45, 7) is 7.58. The van der Waals surface area contributed by atoms with Gasteiger partial charge in [-0.1, -0.05) is 42.5 Å². The first kappa shape index (κ1) is 17.0. The second kappa shape index (κ2) is 8.86. The molecule has 128 valence electrons. The molecule has 0 aliphatic carbocycles. The maximum absolute atomic E-state index is 5.33. The van der Waals surface area contributed by atoms with E-state index in [2.05, 4.69) is 48.5 Å². The van der Waals surface area contributed by atoms with Crippen LogP contribution in [0.3, 0.4) is 0 Å². The van der Waals surface area contributed by atoms with E-state index in [1.165, 1.54) is 56.7 Å². The SMILES string of the molecule is COc1cccc(C[NH+]2CC[NH+](CCCc3ccccc3)CC2)c1. The standard InChI is InChI=1S/C21H28N2O/c1-24-21-11-5-9-20(17-21)18-23-15-13-22(14-16-23)12-6-10-19-7-3-2-4-8-19/h2-5,7-9,11,17H,6,10,12-16,18H2,1H3/p+2. The van der Waals surface area contributed by atoms with Crippen LogP contribution in [0.25, 0.3) is 0 Å². The van der Waals surface area contributed by atoms with Gasteiger partial charge in [-0.15, -0.1) is 0 Å². The topological polar surface area (TPSA) is 18.1 Å². The number of nitrogens with one attached hydrogen (secondary N) is 2. The Morgan fingerprint density at radius 1 is 0.833 bits per heavy atom. The first-order chi connectivity index (χ1) is 11.8. The summed E-state index contributed by atoms with van der Waals surface area (Å²) in [4.78, 5) is 3.48. The molecule has 24 heavy (non-hydrogen) atoms. The van der Waals surface area contributed by atoms with Crippen LogP contribution in [0.2, 0.25) is 0 Å². The van der Waals surface area contributed by atoms with Crippen LogP contribution in [-0.2, 0) is 13.0 Å². The smallest absolute Gasteiger partial charge is 0.127 e. The van der Waals surface area contributed by atoms with Crippen LogP contribution in [0.5, 0.6) is 5.75 Å². The van der Waals surface area contributed by atoms with Crippen LogP contribution in [0, 0.1) is 0 Å². The van der Waals surface area contributed by atoms with Crippen LogP contribution in [-0.4, -0.2) is 39.8 Å². The van der Waals surface area contributed by atoms with Crippen LogP contribution >= 0.6 is 0 Å². The van der Waals surface area contributed by atoms with E-state index in [9.17, 15) is 0 Å². The molecule has 1 aliphatic rings. The van der Waals surface area contributed by atoms with E-state index in [0.717, 1.165) is 12.3 Å². The third kappa shape index (κ3) is 5.08. The zero-order valence-electron chi connectivity index (χ0n) is 14.8. The van der Waals surface area contributed by atoms with Crippen molar-refractivity contribution in [2.45, 2.75) is 19.4 Å². The Hall–Kier alpha value is -1.84. The van der Waals surface area contributed by atoms with Crippen molar-refractivity contribution >= 4 is 0 Å². The zero-order valence-corrected chi connectivity index (χ0v) is 14.8. The van der Waals surface area contributed by atoms with E-state index in [0.29, 0.717) is 0 Å². The lowest BCUT2D eigenvalue weighted by Gasteiger charge is -2.29. The summed E-state index contributed by atoms with van der Waals surface area (Å²) >= 11 is 0. The molecule has 0 radical (unpaired) electrons. The molecule has 0 spiro atoms. The summed E-state index contributed by atoms with van der Waals surface area (Å²) in [6, 6.07) is 19.4. The summed E-state index contributed by atoms with van der Waals surface area (Å²) in [5.74, 6) is 0.970. The van der Waals surface area contributed by atoms with Gasteiger partial charge in [0.25, 0.3) is 0 Å². The van der Waals surface area contributed by atoms with Crippen LogP contribution in [0.15, 0.2) is 54.6 Å². The molecule has 0 unspecified atom stereocenters. The number of benzene rings is 2. The van der Waals surface area contributed by atoms with Crippen molar-refractivity contribution in [1.29, 1.82) is 0 Å². The molecule has 2 aromatic rings. The number of methoxy groups -OCH3 is 1. The number of hydrogen-bond acceptors (Lipinski definition) is 1. The second-order valence-electron chi connectivity index (χ2n) is 6.87. The van der Waals surface area contributed by atoms with Crippen molar-refractivity contribution in [3.8, 4) is 5.75 Å². The summed E-state index contributed by atoms with van der Waals surface area (Å²) < 4.78 is 5.33. The molecule has 0 atom stereocenters. The van der Waals surface area contributed by atoms with Crippen molar-refractivity contribution in [2.75, 3.05) is 39.8 Å². The van der Waals surface area contributed by atoms with E-state index in [-0.39, 0.29) is 0 Å². The molecular weight excluding hydrogens is 296 g/mol. The lowest BCUT2D eigenvalue weighted by atomic mass is 10.1. The normalized spacial score (nSPS) is 20.7.